The number of carbonyl (C=O) groups excluding carboxylic acids is 1. The number of benzene rings is 1. The molecule has 0 spiro atoms. The number of hydrogen-bond donors (Lipinski definition) is 0. The van der Waals surface area contributed by atoms with E-state index in [1.54, 1.807) is 12.1 Å². The molecule has 1 saturated heterocycles. The quantitative estimate of drug-likeness (QED) is 0.750. The topological polar surface area (TPSA) is 44.8 Å². The van der Waals surface area contributed by atoms with Gasteiger partial charge in [-0.2, -0.15) is 0 Å². The molecule has 0 amide bonds. The van der Waals surface area contributed by atoms with E-state index in [4.69, 9.17) is 25.8 Å². The Balaban J connectivity index is 2.29. The van der Waals surface area contributed by atoms with E-state index >= 15 is 0 Å². The van der Waals surface area contributed by atoms with Gasteiger partial charge in [0.15, 0.2) is 17.3 Å². The van der Waals surface area contributed by atoms with Crippen molar-refractivity contribution >= 4 is 17.4 Å². The lowest BCUT2D eigenvalue weighted by Crippen LogP contribution is -2.25. The van der Waals surface area contributed by atoms with Crippen LogP contribution in [0.25, 0.3) is 0 Å². The predicted octanol–water partition coefficient (Wildman–Crippen LogP) is 3.75. The first-order chi connectivity index (χ1) is 10.2. The van der Waals surface area contributed by atoms with Crippen molar-refractivity contribution in [3.05, 3.63) is 22.7 Å². The van der Waals surface area contributed by atoms with E-state index < -0.39 is 0 Å². The lowest BCUT2D eigenvalue weighted by atomic mass is 9.92. The average Bonchev–Trinajstić information content (AvgIpc) is 2.50. The number of hydrogen-bond acceptors (Lipinski definition) is 4. The molecule has 1 atom stereocenters. The number of ketones is 1. The van der Waals surface area contributed by atoms with Crippen LogP contribution in [0.4, 0.5) is 0 Å². The lowest BCUT2D eigenvalue weighted by Gasteiger charge is -2.22. The van der Waals surface area contributed by atoms with Gasteiger partial charge in [-0.25, -0.2) is 0 Å². The standard InChI is InChI=1S/C16H21ClO4/c1-3-20-14-8-12(13(17)9-15(14)21-4-2)16(18)11-6-5-7-19-10-11/h8-9,11H,3-7,10H2,1-2H3. The average molecular weight is 313 g/mol. The van der Waals surface area contributed by atoms with Crippen LogP contribution in [0.3, 0.4) is 0 Å². The Kier molecular flexibility index (Phi) is 5.88. The van der Waals surface area contributed by atoms with Crippen molar-refractivity contribution in [2.45, 2.75) is 26.7 Å². The SMILES string of the molecule is CCOc1cc(Cl)c(C(=O)C2CCCOC2)cc1OCC. The van der Waals surface area contributed by atoms with E-state index in [1.807, 2.05) is 13.8 Å². The highest BCUT2D eigenvalue weighted by Gasteiger charge is 2.26. The third-order valence-corrected chi connectivity index (χ3v) is 3.74. The molecular weight excluding hydrogens is 292 g/mol. The van der Waals surface area contributed by atoms with Gasteiger partial charge in [-0.3, -0.25) is 4.79 Å². The number of ether oxygens (including phenoxy) is 3. The second-order valence-corrected chi connectivity index (χ2v) is 5.33. The van der Waals surface area contributed by atoms with Crippen LogP contribution in [0.15, 0.2) is 12.1 Å². The summed E-state index contributed by atoms with van der Waals surface area (Å²) in [5.41, 5.74) is 0.485. The van der Waals surface area contributed by atoms with Gasteiger partial charge < -0.3 is 14.2 Å². The van der Waals surface area contributed by atoms with E-state index in [0.717, 1.165) is 19.4 Å². The molecule has 0 radical (unpaired) electrons. The van der Waals surface area contributed by atoms with Gasteiger partial charge in [-0.05, 0) is 32.8 Å². The van der Waals surface area contributed by atoms with Crippen LogP contribution in [0.2, 0.25) is 5.02 Å². The fraction of sp³-hybridized carbons (Fsp3) is 0.562. The van der Waals surface area contributed by atoms with Gasteiger partial charge in [0, 0.05) is 24.2 Å². The second kappa shape index (κ2) is 7.66. The van der Waals surface area contributed by atoms with Gasteiger partial charge in [0.05, 0.1) is 24.8 Å². The summed E-state index contributed by atoms with van der Waals surface area (Å²) < 4.78 is 16.4. The maximum absolute atomic E-state index is 12.6. The molecule has 21 heavy (non-hydrogen) atoms. The largest absolute Gasteiger partial charge is 0.490 e. The summed E-state index contributed by atoms with van der Waals surface area (Å²) in [6, 6.07) is 3.35. The van der Waals surface area contributed by atoms with Gasteiger partial charge in [-0.1, -0.05) is 11.6 Å². The van der Waals surface area contributed by atoms with Crippen LogP contribution in [0.1, 0.15) is 37.0 Å². The van der Waals surface area contributed by atoms with E-state index in [2.05, 4.69) is 0 Å². The predicted molar refractivity (Wildman–Crippen MR) is 81.7 cm³/mol. The van der Waals surface area contributed by atoms with Gasteiger partial charge in [0.2, 0.25) is 0 Å². The van der Waals surface area contributed by atoms with Crippen molar-refractivity contribution in [2.75, 3.05) is 26.4 Å². The van der Waals surface area contributed by atoms with E-state index in [1.165, 1.54) is 0 Å². The first kappa shape index (κ1) is 16.1. The molecule has 1 fully saturated rings. The Morgan fingerprint density at radius 1 is 1.29 bits per heavy atom. The Hall–Kier alpha value is -1.26. The second-order valence-electron chi connectivity index (χ2n) is 4.92. The van der Waals surface area contributed by atoms with Crippen LogP contribution in [0, 0.1) is 5.92 Å². The van der Waals surface area contributed by atoms with Crippen molar-refractivity contribution in [2.24, 2.45) is 5.92 Å². The molecule has 0 N–H and O–H groups in total. The van der Waals surface area contributed by atoms with Crippen LogP contribution in [0.5, 0.6) is 11.5 Å². The normalized spacial score (nSPS) is 18.3. The highest BCUT2D eigenvalue weighted by Crippen LogP contribution is 2.35. The maximum Gasteiger partial charge on any atom is 0.169 e. The fourth-order valence-corrected chi connectivity index (χ4v) is 2.67. The highest BCUT2D eigenvalue weighted by molar-refractivity contribution is 6.34. The zero-order valence-corrected chi connectivity index (χ0v) is 13.2. The molecule has 0 saturated carbocycles. The molecule has 5 heteroatoms. The third kappa shape index (κ3) is 3.89. The minimum atomic E-state index is -0.122. The summed E-state index contributed by atoms with van der Waals surface area (Å²) in [5.74, 6) is 1.02. The molecule has 1 aromatic carbocycles. The fourth-order valence-electron chi connectivity index (χ4n) is 2.43. The molecule has 2 rings (SSSR count). The van der Waals surface area contributed by atoms with Gasteiger partial charge >= 0.3 is 0 Å². The smallest absolute Gasteiger partial charge is 0.169 e. The third-order valence-electron chi connectivity index (χ3n) is 3.43. The molecule has 1 aromatic rings. The summed E-state index contributed by atoms with van der Waals surface area (Å²) in [4.78, 5) is 12.6. The molecule has 0 aromatic heterocycles. The number of carbonyl (C=O) groups is 1. The van der Waals surface area contributed by atoms with Gasteiger partial charge in [-0.15, -0.1) is 0 Å². The summed E-state index contributed by atoms with van der Waals surface area (Å²) in [5, 5.41) is 0.400. The summed E-state index contributed by atoms with van der Waals surface area (Å²) >= 11 is 6.25. The molecule has 1 heterocycles. The monoisotopic (exact) mass is 312 g/mol. The van der Waals surface area contributed by atoms with Crippen LogP contribution in [-0.2, 0) is 4.74 Å². The lowest BCUT2D eigenvalue weighted by molar-refractivity contribution is 0.0461. The van der Waals surface area contributed by atoms with E-state index in [0.29, 0.717) is 41.9 Å². The molecule has 1 unspecified atom stereocenters. The van der Waals surface area contributed by atoms with Gasteiger partial charge in [0.25, 0.3) is 0 Å². The summed E-state index contributed by atoms with van der Waals surface area (Å²) in [7, 11) is 0. The van der Waals surface area contributed by atoms with Crippen LogP contribution >= 0.6 is 11.6 Å². The maximum atomic E-state index is 12.6. The first-order valence-electron chi connectivity index (χ1n) is 7.38. The van der Waals surface area contributed by atoms with Crippen molar-refractivity contribution in [3.63, 3.8) is 0 Å². The van der Waals surface area contributed by atoms with Gasteiger partial charge in [0.1, 0.15) is 0 Å². The van der Waals surface area contributed by atoms with Crippen molar-refractivity contribution in [1.29, 1.82) is 0 Å². The van der Waals surface area contributed by atoms with Crippen LogP contribution < -0.4 is 9.47 Å². The number of halogens is 1. The molecule has 1 aliphatic heterocycles. The van der Waals surface area contributed by atoms with Crippen molar-refractivity contribution < 1.29 is 19.0 Å². The first-order valence-corrected chi connectivity index (χ1v) is 7.76. The molecule has 116 valence electrons. The highest BCUT2D eigenvalue weighted by atomic mass is 35.5. The van der Waals surface area contributed by atoms with Crippen molar-refractivity contribution in [1.82, 2.24) is 0 Å². The summed E-state index contributed by atoms with van der Waals surface area (Å²) in [6.07, 6.45) is 1.75. The van der Waals surface area contributed by atoms with E-state index in [9.17, 15) is 4.79 Å². The zero-order chi connectivity index (χ0) is 15.2. The van der Waals surface area contributed by atoms with E-state index in [-0.39, 0.29) is 11.7 Å². The number of rotatable bonds is 6. The Bertz CT molecular complexity index is 495. The molecule has 0 bridgehead atoms. The molecule has 4 nitrogen and oxygen atoms in total. The summed E-state index contributed by atoms with van der Waals surface area (Å²) in [6.45, 7) is 5.99. The molecule has 1 aliphatic rings. The Labute approximate surface area is 130 Å². The molecule has 0 aliphatic carbocycles. The zero-order valence-electron chi connectivity index (χ0n) is 12.5. The molecular formula is C16H21ClO4. The number of Topliss-reactive ketones (excluding diaryl/α,β-unsaturated/α-hetero) is 1. The minimum absolute atomic E-state index is 0.0173. The Morgan fingerprint density at radius 3 is 2.52 bits per heavy atom. The van der Waals surface area contributed by atoms with Crippen molar-refractivity contribution in [3.8, 4) is 11.5 Å². The van der Waals surface area contributed by atoms with Crippen LogP contribution in [-0.4, -0.2) is 32.2 Å². The Morgan fingerprint density at radius 2 is 1.95 bits per heavy atom. The minimum Gasteiger partial charge on any atom is -0.490 e.